The van der Waals surface area contributed by atoms with Crippen molar-refractivity contribution in [2.45, 2.75) is 0 Å². The number of benzene rings is 2. The standard InChI is InChI=1S/C30H30N4.2C10H8N2.Ru/c1-33(2)27-13-9-23(10-14-27)5-7-25-17-19-31-29(21-25)30-22-26(18-20-32-30)8-6-24-11-15-28(16-12-24)34(3)4;2*1-3-7-11-9(5-1)10-6-2-4-8-12-10;/h5-22H,1-4H3;2*1-8H;/b7-5+,8-6+;;;. The van der Waals surface area contributed by atoms with E-state index in [-0.39, 0.29) is 19.5 Å². The van der Waals surface area contributed by atoms with Crippen LogP contribution in [0.3, 0.4) is 0 Å². The van der Waals surface area contributed by atoms with Gasteiger partial charge in [-0.25, -0.2) is 0 Å². The number of hydrogen-bond donors (Lipinski definition) is 0. The van der Waals surface area contributed by atoms with Crippen molar-refractivity contribution in [3.05, 3.63) is 205 Å². The average molecular weight is 860 g/mol. The maximum absolute atomic E-state index is 4.55. The van der Waals surface area contributed by atoms with Gasteiger partial charge in [0.15, 0.2) is 0 Å². The number of rotatable bonds is 9. The molecule has 8 aromatic rings. The summed E-state index contributed by atoms with van der Waals surface area (Å²) in [7, 11) is 8.19. The molecule has 9 heteroatoms. The van der Waals surface area contributed by atoms with Gasteiger partial charge in [0, 0.05) is 96.2 Å². The second kappa shape index (κ2) is 22.7. The Kier molecular flexibility index (Phi) is 16.6. The molecule has 8 rings (SSSR count). The molecule has 0 amide bonds. The molecule has 8 nitrogen and oxygen atoms in total. The number of aromatic nitrogens is 6. The van der Waals surface area contributed by atoms with E-state index in [1.165, 1.54) is 11.4 Å². The second-order valence-corrected chi connectivity index (χ2v) is 13.4. The van der Waals surface area contributed by atoms with Crippen molar-refractivity contribution in [1.82, 2.24) is 29.9 Å². The van der Waals surface area contributed by atoms with Crippen molar-refractivity contribution >= 4 is 35.7 Å². The van der Waals surface area contributed by atoms with E-state index >= 15 is 0 Å². The summed E-state index contributed by atoms with van der Waals surface area (Å²) in [6, 6.07) is 48.3. The fourth-order valence-corrected chi connectivity index (χ4v) is 5.59. The molecule has 0 fully saturated rings. The number of pyridine rings is 6. The van der Waals surface area contributed by atoms with Crippen molar-refractivity contribution in [2.24, 2.45) is 0 Å². The molecule has 0 aliphatic rings. The first-order valence-corrected chi connectivity index (χ1v) is 18.9. The molecular weight excluding hydrogens is 814 g/mol. The fourth-order valence-electron chi connectivity index (χ4n) is 5.59. The van der Waals surface area contributed by atoms with Gasteiger partial charge in [0.05, 0.1) is 34.2 Å². The average Bonchev–Trinajstić information content (AvgIpc) is 3.30. The molecule has 0 saturated heterocycles. The molecule has 0 unspecified atom stereocenters. The van der Waals surface area contributed by atoms with Crippen LogP contribution in [0.1, 0.15) is 22.3 Å². The van der Waals surface area contributed by atoms with E-state index < -0.39 is 0 Å². The summed E-state index contributed by atoms with van der Waals surface area (Å²) in [6.07, 6.45) is 19.2. The van der Waals surface area contributed by atoms with Crippen molar-refractivity contribution in [1.29, 1.82) is 0 Å². The van der Waals surface area contributed by atoms with Crippen LogP contribution in [0, 0.1) is 0 Å². The Labute approximate surface area is 360 Å². The van der Waals surface area contributed by atoms with Gasteiger partial charge in [0.1, 0.15) is 0 Å². The summed E-state index contributed by atoms with van der Waals surface area (Å²) in [6.45, 7) is 0. The molecule has 6 aromatic heterocycles. The molecule has 0 atom stereocenters. The first-order chi connectivity index (χ1) is 28.4. The van der Waals surface area contributed by atoms with E-state index in [1.807, 2.05) is 126 Å². The predicted octanol–water partition coefficient (Wildman–Crippen LogP) is 10.9. The third kappa shape index (κ3) is 13.6. The molecule has 59 heavy (non-hydrogen) atoms. The molecule has 6 heterocycles. The van der Waals surface area contributed by atoms with Crippen LogP contribution in [0.2, 0.25) is 0 Å². The molecule has 0 spiro atoms. The monoisotopic (exact) mass is 860 g/mol. The van der Waals surface area contributed by atoms with Gasteiger partial charge in [0.25, 0.3) is 0 Å². The topological polar surface area (TPSA) is 83.8 Å². The third-order valence-corrected chi connectivity index (χ3v) is 8.77. The fraction of sp³-hybridized carbons (Fsp3) is 0.0800. The Bertz CT molecular complexity index is 2220. The summed E-state index contributed by atoms with van der Waals surface area (Å²) in [4.78, 5) is 30.0. The zero-order valence-corrected chi connectivity index (χ0v) is 35.3. The Morgan fingerprint density at radius 3 is 0.864 bits per heavy atom. The van der Waals surface area contributed by atoms with E-state index in [2.05, 4.69) is 125 Å². The molecule has 294 valence electrons. The van der Waals surface area contributed by atoms with Gasteiger partial charge in [0.2, 0.25) is 0 Å². The number of nitrogens with zero attached hydrogens (tertiary/aromatic N) is 8. The molecule has 0 radical (unpaired) electrons. The second-order valence-electron chi connectivity index (χ2n) is 13.4. The molecule has 0 aliphatic heterocycles. The molecular formula is C50H46N8Ru. The zero-order chi connectivity index (χ0) is 40.4. The first kappa shape index (κ1) is 43.2. The van der Waals surface area contributed by atoms with Crippen LogP contribution in [-0.4, -0.2) is 58.1 Å². The SMILES string of the molecule is CN(C)c1ccc(/C=C/c2ccnc(-c3cc(/C=C/c4ccc(N(C)C)cc4)ccn3)c2)cc1.[Ru].c1ccc(-c2ccccn2)nc1.c1ccc(-c2ccccn2)nc1. The van der Waals surface area contributed by atoms with Gasteiger partial charge in [-0.05, 0) is 119 Å². The quantitative estimate of drug-likeness (QED) is 0.133. The Balaban J connectivity index is 0.000000213. The van der Waals surface area contributed by atoms with E-state index in [9.17, 15) is 0 Å². The minimum absolute atomic E-state index is 0. The summed E-state index contributed by atoms with van der Waals surface area (Å²) in [5.41, 5.74) is 12.2. The minimum Gasteiger partial charge on any atom is -0.378 e. The predicted molar refractivity (Wildman–Crippen MR) is 242 cm³/mol. The third-order valence-electron chi connectivity index (χ3n) is 8.77. The van der Waals surface area contributed by atoms with Crippen LogP contribution < -0.4 is 9.80 Å². The largest absolute Gasteiger partial charge is 0.378 e. The van der Waals surface area contributed by atoms with Crippen LogP contribution in [0.4, 0.5) is 11.4 Å². The molecule has 0 aliphatic carbocycles. The van der Waals surface area contributed by atoms with Crippen molar-refractivity contribution in [3.63, 3.8) is 0 Å². The van der Waals surface area contributed by atoms with Gasteiger partial charge in [-0.2, -0.15) is 0 Å². The molecule has 0 saturated carbocycles. The van der Waals surface area contributed by atoms with Crippen LogP contribution >= 0.6 is 0 Å². The summed E-state index contributed by atoms with van der Waals surface area (Å²) in [5.74, 6) is 0. The van der Waals surface area contributed by atoms with Crippen molar-refractivity contribution in [2.75, 3.05) is 38.0 Å². The number of hydrogen-bond acceptors (Lipinski definition) is 8. The zero-order valence-electron chi connectivity index (χ0n) is 33.6. The Hall–Kier alpha value is -6.96. The van der Waals surface area contributed by atoms with E-state index in [1.54, 1.807) is 24.8 Å². The van der Waals surface area contributed by atoms with Gasteiger partial charge in [-0.1, -0.05) is 72.8 Å². The van der Waals surface area contributed by atoms with Crippen molar-refractivity contribution < 1.29 is 19.5 Å². The molecule has 0 N–H and O–H groups in total. The Morgan fingerprint density at radius 2 is 0.593 bits per heavy atom. The van der Waals surface area contributed by atoms with Gasteiger partial charge >= 0.3 is 0 Å². The van der Waals surface area contributed by atoms with E-state index in [4.69, 9.17) is 0 Å². The smallest absolute Gasteiger partial charge is 0.0892 e. The normalized spacial score (nSPS) is 10.4. The Morgan fingerprint density at radius 1 is 0.305 bits per heavy atom. The van der Waals surface area contributed by atoms with E-state index in [0.29, 0.717) is 0 Å². The minimum atomic E-state index is 0. The van der Waals surface area contributed by atoms with Crippen LogP contribution in [0.15, 0.2) is 183 Å². The van der Waals surface area contributed by atoms with Crippen LogP contribution in [0.5, 0.6) is 0 Å². The van der Waals surface area contributed by atoms with Crippen molar-refractivity contribution in [3.8, 4) is 34.2 Å². The summed E-state index contributed by atoms with van der Waals surface area (Å²) < 4.78 is 0. The van der Waals surface area contributed by atoms with Gasteiger partial charge in [-0.15, -0.1) is 0 Å². The molecule has 2 aromatic carbocycles. The maximum atomic E-state index is 4.55. The van der Waals surface area contributed by atoms with Crippen LogP contribution in [0.25, 0.3) is 58.5 Å². The van der Waals surface area contributed by atoms with Gasteiger partial charge < -0.3 is 9.80 Å². The number of anilines is 2. The first-order valence-electron chi connectivity index (χ1n) is 18.9. The molecule has 0 bridgehead atoms. The summed E-state index contributed by atoms with van der Waals surface area (Å²) >= 11 is 0. The van der Waals surface area contributed by atoms with Crippen LogP contribution in [-0.2, 0) is 19.5 Å². The maximum Gasteiger partial charge on any atom is 0.0892 e. The van der Waals surface area contributed by atoms with E-state index in [0.717, 1.165) is 56.4 Å². The summed E-state index contributed by atoms with van der Waals surface area (Å²) in [5, 5.41) is 0. The van der Waals surface area contributed by atoms with Gasteiger partial charge in [-0.3, -0.25) is 29.9 Å².